The van der Waals surface area contributed by atoms with Gasteiger partial charge >= 0.3 is 5.97 Å². The number of aliphatic carboxylic acids is 1. The van der Waals surface area contributed by atoms with E-state index in [4.69, 9.17) is 5.11 Å². The molecule has 0 heterocycles. The van der Waals surface area contributed by atoms with Gasteiger partial charge < -0.3 is 5.11 Å². The van der Waals surface area contributed by atoms with E-state index >= 15 is 0 Å². The Morgan fingerprint density at radius 1 is 1.39 bits per heavy atom. The molecule has 1 saturated carbocycles. The highest BCUT2D eigenvalue weighted by atomic mass is 16.4. The molecule has 1 aromatic carbocycles. The monoisotopic (exact) mass is 246 g/mol. The Bertz CT molecular complexity index is 447. The molecule has 0 amide bonds. The van der Waals surface area contributed by atoms with Gasteiger partial charge in [-0.15, -0.1) is 0 Å². The summed E-state index contributed by atoms with van der Waals surface area (Å²) in [6.45, 7) is 1.68. The zero-order chi connectivity index (χ0) is 13.1. The zero-order valence-electron chi connectivity index (χ0n) is 10.6. The van der Waals surface area contributed by atoms with Crippen LogP contribution in [0, 0.1) is 5.92 Å². The number of carbonyl (C=O) groups excluding carboxylic acids is 1. The SMILES string of the molecule is C[C@H](C(=O)O)c1ccc(C[C@H]2CCCC2=O)cc1. The molecule has 2 rings (SSSR count). The minimum absolute atomic E-state index is 0.174. The summed E-state index contributed by atoms with van der Waals surface area (Å²) in [5, 5.41) is 8.92. The van der Waals surface area contributed by atoms with Crippen LogP contribution in [0.4, 0.5) is 0 Å². The van der Waals surface area contributed by atoms with Gasteiger partial charge in [-0.05, 0) is 37.3 Å². The molecule has 0 saturated heterocycles. The number of rotatable bonds is 4. The third kappa shape index (κ3) is 2.78. The van der Waals surface area contributed by atoms with E-state index in [1.54, 1.807) is 6.92 Å². The fraction of sp³-hybridized carbons (Fsp3) is 0.467. The first-order valence-corrected chi connectivity index (χ1v) is 6.42. The number of carboxylic acids is 1. The molecule has 0 radical (unpaired) electrons. The van der Waals surface area contributed by atoms with E-state index < -0.39 is 11.9 Å². The normalized spacial score (nSPS) is 20.9. The standard InChI is InChI=1S/C15H18O3/c1-10(15(17)18)12-7-5-11(6-8-12)9-13-3-2-4-14(13)16/h5-8,10,13H,2-4,9H2,1H3,(H,17,18)/t10-,13+/m0/s1. The highest BCUT2D eigenvalue weighted by molar-refractivity contribution is 5.83. The Balaban J connectivity index is 2.03. The molecule has 0 aromatic heterocycles. The summed E-state index contributed by atoms with van der Waals surface area (Å²) in [5.74, 6) is -0.744. The number of carboxylic acid groups (broad SMARTS) is 1. The lowest BCUT2D eigenvalue weighted by molar-refractivity contribution is -0.138. The van der Waals surface area contributed by atoms with Crippen molar-refractivity contribution in [1.29, 1.82) is 0 Å². The van der Waals surface area contributed by atoms with Gasteiger partial charge in [0.2, 0.25) is 0 Å². The van der Waals surface area contributed by atoms with Crippen molar-refractivity contribution in [2.75, 3.05) is 0 Å². The molecule has 1 N–H and O–H groups in total. The average Bonchev–Trinajstić information content (AvgIpc) is 2.75. The van der Waals surface area contributed by atoms with E-state index in [0.29, 0.717) is 5.78 Å². The minimum Gasteiger partial charge on any atom is -0.481 e. The van der Waals surface area contributed by atoms with Crippen LogP contribution in [0.5, 0.6) is 0 Å². The molecule has 0 spiro atoms. The Hall–Kier alpha value is -1.64. The lowest BCUT2D eigenvalue weighted by Gasteiger charge is -2.10. The van der Waals surface area contributed by atoms with Crippen LogP contribution in [-0.2, 0) is 16.0 Å². The van der Waals surface area contributed by atoms with Crippen molar-refractivity contribution in [3.63, 3.8) is 0 Å². The molecule has 1 aliphatic carbocycles. The topological polar surface area (TPSA) is 54.4 Å². The number of carbonyl (C=O) groups is 2. The second kappa shape index (κ2) is 5.34. The van der Waals surface area contributed by atoms with Gasteiger partial charge in [0, 0.05) is 12.3 Å². The fourth-order valence-corrected chi connectivity index (χ4v) is 2.47. The maximum Gasteiger partial charge on any atom is 0.310 e. The summed E-state index contributed by atoms with van der Waals surface area (Å²) in [6, 6.07) is 7.60. The first-order valence-electron chi connectivity index (χ1n) is 6.42. The Morgan fingerprint density at radius 2 is 2.06 bits per heavy atom. The van der Waals surface area contributed by atoms with Gasteiger partial charge in [0.25, 0.3) is 0 Å². The molecule has 0 unspecified atom stereocenters. The molecular weight excluding hydrogens is 228 g/mol. The van der Waals surface area contributed by atoms with E-state index in [9.17, 15) is 9.59 Å². The van der Waals surface area contributed by atoms with Gasteiger partial charge in [-0.2, -0.15) is 0 Å². The van der Waals surface area contributed by atoms with Gasteiger partial charge in [0.1, 0.15) is 5.78 Å². The van der Waals surface area contributed by atoms with Crippen LogP contribution in [0.1, 0.15) is 43.2 Å². The Kier molecular flexibility index (Phi) is 3.80. The van der Waals surface area contributed by atoms with Crippen LogP contribution < -0.4 is 0 Å². The molecule has 3 heteroatoms. The molecule has 1 aliphatic rings. The molecule has 96 valence electrons. The molecular formula is C15H18O3. The third-order valence-electron chi connectivity index (χ3n) is 3.76. The minimum atomic E-state index is -0.811. The molecule has 18 heavy (non-hydrogen) atoms. The first kappa shape index (κ1) is 12.8. The lowest BCUT2D eigenvalue weighted by atomic mass is 9.94. The first-order chi connectivity index (χ1) is 8.58. The van der Waals surface area contributed by atoms with Crippen LogP contribution in [0.2, 0.25) is 0 Å². The van der Waals surface area contributed by atoms with Crippen molar-refractivity contribution in [2.45, 2.75) is 38.5 Å². The number of hydrogen-bond donors (Lipinski definition) is 1. The predicted molar refractivity (Wildman–Crippen MR) is 68.5 cm³/mol. The highest BCUT2D eigenvalue weighted by Gasteiger charge is 2.24. The van der Waals surface area contributed by atoms with E-state index in [0.717, 1.165) is 36.8 Å². The molecule has 1 aromatic rings. The van der Waals surface area contributed by atoms with E-state index in [1.807, 2.05) is 24.3 Å². The van der Waals surface area contributed by atoms with Crippen molar-refractivity contribution in [3.8, 4) is 0 Å². The van der Waals surface area contributed by atoms with E-state index in [2.05, 4.69) is 0 Å². The molecule has 0 bridgehead atoms. The van der Waals surface area contributed by atoms with Crippen molar-refractivity contribution >= 4 is 11.8 Å². The molecule has 0 aliphatic heterocycles. The zero-order valence-corrected chi connectivity index (χ0v) is 10.6. The van der Waals surface area contributed by atoms with Gasteiger partial charge in [-0.1, -0.05) is 24.3 Å². The smallest absolute Gasteiger partial charge is 0.310 e. The maximum atomic E-state index is 11.6. The summed E-state index contributed by atoms with van der Waals surface area (Å²) in [4.78, 5) is 22.4. The highest BCUT2D eigenvalue weighted by Crippen LogP contribution is 2.25. The summed E-state index contributed by atoms with van der Waals surface area (Å²) < 4.78 is 0. The number of Topliss-reactive ketones (excluding diaryl/α,β-unsaturated/α-hetero) is 1. The van der Waals surface area contributed by atoms with Crippen LogP contribution in [-0.4, -0.2) is 16.9 Å². The maximum absolute atomic E-state index is 11.6. The second-order valence-corrected chi connectivity index (χ2v) is 5.06. The van der Waals surface area contributed by atoms with Crippen LogP contribution in [0.15, 0.2) is 24.3 Å². The average molecular weight is 246 g/mol. The largest absolute Gasteiger partial charge is 0.481 e. The molecule has 3 nitrogen and oxygen atoms in total. The Labute approximate surface area is 107 Å². The van der Waals surface area contributed by atoms with Crippen LogP contribution in [0.25, 0.3) is 0 Å². The summed E-state index contributed by atoms with van der Waals surface area (Å²) in [5.41, 5.74) is 1.93. The van der Waals surface area contributed by atoms with Crippen molar-refractivity contribution < 1.29 is 14.7 Å². The van der Waals surface area contributed by atoms with Crippen molar-refractivity contribution in [3.05, 3.63) is 35.4 Å². The van der Waals surface area contributed by atoms with Gasteiger partial charge in [0.05, 0.1) is 5.92 Å². The third-order valence-corrected chi connectivity index (χ3v) is 3.76. The number of ketones is 1. The quantitative estimate of drug-likeness (QED) is 0.888. The Morgan fingerprint density at radius 3 is 2.56 bits per heavy atom. The number of hydrogen-bond acceptors (Lipinski definition) is 2. The molecule has 2 atom stereocenters. The molecule has 1 fully saturated rings. The second-order valence-electron chi connectivity index (χ2n) is 5.06. The van der Waals surface area contributed by atoms with Crippen LogP contribution in [0.3, 0.4) is 0 Å². The summed E-state index contributed by atoms with van der Waals surface area (Å²) in [6.07, 6.45) is 3.52. The van der Waals surface area contributed by atoms with Gasteiger partial charge in [-0.3, -0.25) is 9.59 Å². The van der Waals surface area contributed by atoms with Gasteiger partial charge in [-0.25, -0.2) is 0 Å². The predicted octanol–water partition coefficient (Wildman–Crippen LogP) is 2.79. The number of benzene rings is 1. The van der Waals surface area contributed by atoms with Gasteiger partial charge in [0.15, 0.2) is 0 Å². The fourth-order valence-electron chi connectivity index (χ4n) is 2.47. The lowest BCUT2D eigenvalue weighted by Crippen LogP contribution is -2.10. The summed E-state index contributed by atoms with van der Waals surface area (Å²) in [7, 11) is 0. The van der Waals surface area contributed by atoms with E-state index in [-0.39, 0.29) is 5.92 Å². The van der Waals surface area contributed by atoms with Crippen LogP contribution >= 0.6 is 0 Å². The van der Waals surface area contributed by atoms with Crippen molar-refractivity contribution in [1.82, 2.24) is 0 Å². The van der Waals surface area contributed by atoms with Crippen molar-refractivity contribution in [2.24, 2.45) is 5.92 Å². The van der Waals surface area contributed by atoms with E-state index in [1.165, 1.54) is 0 Å². The summed E-state index contributed by atoms with van der Waals surface area (Å²) >= 11 is 0.